The molecule has 0 radical (unpaired) electrons. The normalized spacial score (nSPS) is 9.95. The number of hydrogen-bond donors (Lipinski definition) is 0. The van der Waals surface area contributed by atoms with Crippen LogP contribution < -0.4 is 4.74 Å². The molecule has 0 fully saturated rings. The monoisotopic (exact) mass is 321 g/mol. The number of carbonyl (C=O) groups excluding carboxylic acids is 1. The van der Waals surface area contributed by atoms with Crippen molar-refractivity contribution in [2.24, 2.45) is 0 Å². The van der Waals surface area contributed by atoms with Crippen LogP contribution >= 0.6 is 15.9 Å². The van der Waals surface area contributed by atoms with Gasteiger partial charge < -0.3 is 4.74 Å². The maximum atomic E-state index is 10.7. The van der Waals surface area contributed by atoms with Crippen molar-refractivity contribution in [2.75, 3.05) is 0 Å². The van der Waals surface area contributed by atoms with E-state index in [1.807, 2.05) is 0 Å². The van der Waals surface area contributed by atoms with Gasteiger partial charge in [-0.25, -0.2) is 0 Å². The summed E-state index contributed by atoms with van der Waals surface area (Å²) in [4.78, 5) is 20.9. The molecule has 2 aromatic rings. The van der Waals surface area contributed by atoms with Gasteiger partial charge in [0, 0.05) is 11.6 Å². The van der Waals surface area contributed by atoms with Crippen molar-refractivity contribution in [1.82, 2.24) is 0 Å². The minimum Gasteiger partial charge on any atom is -0.456 e. The van der Waals surface area contributed by atoms with Gasteiger partial charge in [-0.1, -0.05) is 12.1 Å². The summed E-state index contributed by atoms with van der Waals surface area (Å²) in [5.41, 5.74) is 0.406. The van der Waals surface area contributed by atoms with Crippen molar-refractivity contribution in [3.63, 3.8) is 0 Å². The lowest BCUT2D eigenvalue weighted by Crippen LogP contribution is -1.91. The zero-order chi connectivity index (χ0) is 13.8. The van der Waals surface area contributed by atoms with Crippen LogP contribution in [0.2, 0.25) is 0 Å². The number of halogens is 1. The Kier molecular flexibility index (Phi) is 3.91. The smallest absolute Gasteiger partial charge is 0.273 e. The van der Waals surface area contributed by atoms with Crippen molar-refractivity contribution >= 4 is 27.9 Å². The summed E-state index contributed by atoms with van der Waals surface area (Å²) in [6.07, 6.45) is 0.704. The largest absolute Gasteiger partial charge is 0.456 e. The predicted molar refractivity (Wildman–Crippen MR) is 72.7 cm³/mol. The molecule has 0 aliphatic heterocycles. The molecule has 0 atom stereocenters. The Morgan fingerprint density at radius 2 is 2.00 bits per heavy atom. The maximum absolute atomic E-state index is 10.7. The van der Waals surface area contributed by atoms with Gasteiger partial charge in [-0.15, -0.1) is 0 Å². The first-order valence-corrected chi connectivity index (χ1v) is 6.06. The lowest BCUT2D eigenvalue weighted by Gasteiger charge is -2.07. The van der Waals surface area contributed by atoms with Crippen LogP contribution in [0.3, 0.4) is 0 Å². The minimum atomic E-state index is -0.499. The summed E-state index contributed by atoms with van der Waals surface area (Å²) in [7, 11) is 0. The fourth-order valence-electron chi connectivity index (χ4n) is 1.46. The van der Waals surface area contributed by atoms with Gasteiger partial charge in [0.25, 0.3) is 5.69 Å². The van der Waals surface area contributed by atoms with Gasteiger partial charge >= 0.3 is 0 Å². The standard InChI is InChI=1S/C13H8BrNO4/c14-12-5-4-10(15(17)18)7-13(12)19-11-3-1-2-9(6-11)8-16/h1-8H. The number of ether oxygens (including phenoxy) is 1. The molecule has 0 aliphatic rings. The zero-order valence-corrected chi connectivity index (χ0v) is 11.2. The van der Waals surface area contributed by atoms with Crippen LogP contribution in [0.1, 0.15) is 10.4 Å². The van der Waals surface area contributed by atoms with E-state index < -0.39 is 4.92 Å². The highest BCUT2D eigenvalue weighted by atomic mass is 79.9. The summed E-state index contributed by atoms with van der Waals surface area (Å²) in [5, 5.41) is 10.7. The average molecular weight is 322 g/mol. The molecule has 0 N–H and O–H groups in total. The van der Waals surface area contributed by atoms with Gasteiger partial charge in [0.05, 0.1) is 15.5 Å². The second-order valence-corrected chi connectivity index (χ2v) is 4.52. The third-order valence-corrected chi connectivity index (χ3v) is 3.00. The van der Waals surface area contributed by atoms with E-state index in [9.17, 15) is 14.9 Å². The van der Waals surface area contributed by atoms with Crippen LogP contribution in [-0.4, -0.2) is 11.2 Å². The number of rotatable bonds is 4. The molecule has 0 amide bonds. The Bertz CT molecular complexity index is 642. The number of nitro benzene ring substituents is 1. The minimum absolute atomic E-state index is 0.0651. The summed E-state index contributed by atoms with van der Waals surface area (Å²) < 4.78 is 6.12. The molecule has 6 heteroatoms. The zero-order valence-electron chi connectivity index (χ0n) is 9.58. The van der Waals surface area contributed by atoms with Crippen LogP contribution in [-0.2, 0) is 0 Å². The summed E-state index contributed by atoms with van der Waals surface area (Å²) >= 11 is 3.26. The molecule has 2 rings (SSSR count). The Hall–Kier alpha value is -2.21. The molecule has 96 valence electrons. The van der Waals surface area contributed by atoms with Crippen LogP contribution in [0.4, 0.5) is 5.69 Å². The van der Waals surface area contributed by atoms with E-state index in [0.717, 1.165) is 0 Å². The van der Waals surface area contributed by atoms with Gasteiger partial charge in [0.15, 0.2) is 0 Å². The second kappa shape index (κ2) is 5.62. The number of carbonyl (C=O) groups is 1. The van der Waals surface area contributed by atoms with Crippen molar-refractivity contribution in [1.29, 1.82) is 0 Å². The molecule has 0 aromatic heterocycles. The molecule has 0 saturated carbocycles. The number of nitro groups is 1. The number of benzene rings is 2. The first kappa shape index (κ1) is 13.2. The van der Waals surface area contributed by atoms with Gasteiger partial charge in [-0.3, -0.25) is 14.9 Å². The molecule has 5 nitrogen and oxygen atoms in total. The fraction of sp³-hybridized carbons (Fsp3) is 0. The van der Waals surface area contributed by atoms with Crippen molar-refractivity contribution in [3.8, 4) is 11.5 Å². The summed E-state index contributed by atoms with van der Waals surface area (Å²) in [5.74, 6) is 0.753. The molecule has 19 heavy (non-hydrogen) atoms. The average Bonchev–Trinajstić information content (AvgIpc) is 2.41. The predicted octanol–water partition coefficient (Wildman–Crippen LogP) is 3.96. The molecular formula is C13H8BrNO4. The molecular weight excluding hydrogens is 314 g/mol. The number of nitrogens with zero attached hydrogens (tertiary/aromatic N) is 1. The van der Waals surface area contributed by atoms with E-state index in [4.69, 9.17) is 4.74 Å². The van der Waals surface area contributed by atoms with Crippen molar-refractivity contribution in [2.45, 2.75) is 0 Å². The summed E-state index contributed by atoms with van der Waals surface area (Å²) in [6.45, 7) is 0. The van der Waals surface area contributed by atoms with E-state index >= 15 is 0 Å². The van der Waals surface area contributed by atoms with E-state index in [0.29, 0.717) is 27.8 Å². The van der Waals surface area contributed by atoms with Crippen LogP contribution in [0, 0.1) is 10.1 Å². The van der Waals surface area contributed by atoms with Crippen molar-refractivity contribution < 1.29 is 14.5 Å². The molecule has 0 unspecified atom stereocenters. The maximum Gasteiger partial charge on any atom is 0.273 e. The quantitative estimate of drug-likeness (QED) is 0.485. The molecule has 0 spiro atoms. The van der Waals surface area contributed by atoms with E-state index in [2.05, 4.69) is 15.9 Å². The Morgan fingerprint density at radius 1 is 1.21 bits per heavy atom. The highest BCUT2D eigenvalue weighted by Crippen LogP contribution is 2.33. The SMILES string of the molecule is O=Cc1cccc(Oc2cc([N+](=O)[O-])ccc2Br)c1. The van der Waals surface area contributed by atoms with E-state index in [1.54, 1.807) is 24.3 Å². The van der Waals surface area contributed by atoms with Crippen LogP contribution in [0.5, 0.6) is 11.5 Å². The Labute approximate surface area is 117 Å². The van der Waals surface area contributed by atoms with E-state index in [-0.39, 0.29) is 5.69 Å². The van der Waals surface area contributed by atoms with Gasteiger partial charge in [0.2, 0.25) is 0 Å². The highest BCUT2D eigenvalue weighted by molar-refractivity contribution is 9.10. The Balaban J connectivity index is 2.34. The topological polar surface area (TPSA) is 69.4 Å². The van der Waals surface area contributed by atoms with E-state index in [1.165, 1.54) is 18.2 Å². The number of hydrogen-bond acceptors (Lipinski definition) is 4. The van der Waals surface area contributed by atoms with Crippen LogP contribution in [0.15, 0.2) is 46.9 Å². The molecule has 0 bridgehead atoms. The third kappa shape index (κ3) is 3.17. The molecule has 2 aromatic carbocycles. The van der Waals surface area contributed by atoms with Gasteiger partial charge in [-0.2, -0.15) is 0 Å². The molecule has 0 saturated heterocycles. The molecule has 0 aliphatic carbocycles. The van der Waals surface area contributed by atoms with Gasteiger partial charge in [-0.05, 0) is 34.1 Å². The third-order valence-electron chi connectivity index (χ3n) is 2.35. The fourth-order valence-corrected chi connectivity index (χ4v) is 1.79. The summed E-state index contributed by atoms with van der Waals surface area (Å²) in [6, 6.07) is 10.8. The number of non-ortho nitro benzene ring substituents is 1. The van der Waals surface area contributed by atoms with Crippen molar-refractivity contribution in [3.05, 3.63) is 62.6 Å². The lowest BCUT2D eigenvalue weighted by molar-refractivity contribution is -0.384. The second-order valence-electron chi connectivity index (χ2n) is 3.66. The van der Waals surface area contributed by atoms with Gasteiger partial charge in [0.1, 0.15) is 17.8 Å². The first-order valence-electron chi connectivity index (χ1n) is 5.27. The lowest BCUT2D eigenvalue weighted by atomic mass is 10.2. The first-order chi connectivity index (χ1) is 9.10. The van der Waals surface area contributed by atoms with Crippen LogP contribution in [0.25, 0.3) is 0 Å². The number of aldehydes is 1. The highest BCUT2D eigenvalue weighted by Gasteiger charge is 2.11. The molecule has 0 heterocycles. The Morgan fingerprint density at radius 3 is 2.68 bits per heavy atom.